The topological polar surface area (TPSA) is 24.7 Å². The lowest BCUT2D eigenvalue weighted by Crippen LogP contribution is -1.88. The second-order valence-electron chi connectivity index (χ2n) is 3.41. The Kier molecular flexibility index (Phi) is 1.68. The molecular weight excluding hydrogens is 148 g/mol. The highest BCUT2D eigenvalue weighted by atomic mass is 15.1. The molecule has 0 bridgehead atoms. The molecule has 0 fully saturated rings. The van der Waals surface area contributed by atoms with E-state index in [2.05, 4.69) is 42.3 Å². The molecule has 2 heteroatoms. The molecule has 0 spiro atoms. The van der Waals surface area contributed by atoms with Crippen molar-refractivity contribution in [1.82, 2.24) is 0 Å². The normalized spacial score (nSPS) is 13.9. The van der Waals surface area contributed by atoms with Crippen LogP contribution in [0.3, 0.4) is 0 Å². The standard InChI is InChI=1S/C10H12N2/c1-7(2)9-5-3-4-8-6-11-12-10(8)9/h3-5,7H,6H2,1-2H3. The first kappa shape index (κ1) is 7.47. The van der Waals surface area contributed by atoms with Gasteiger partial charge < -0.3 is 0 Å². The largest absolute Gasteiger partial charge is 0.184 e. The number of azo groups is 1. The number of nitrogens with zero attached hydrogens (tertiary/aromatic N) is 2. The summed E-state index contributed by atoms with van der Waals surface area (Å²) in [6.45, 7) is 5.13. The Morgan fingerprint density at radius 3 is 2.92 bits per heavy atom. The average Bonchev–Trinajstić information content (AvgIpc) is 2.49. The summed E-state index contributed by atoms with van der Waals surface area (Å²) in [5.41, 5.74) is 3.68. The van der Waals surface area contributed by atoms with Crippen molar-refractivity contribution in [2.45, 2.75) is 26.3 Å². The third-order valence-corrected chi connectivity index (χ3v) is 2.18. The van der Waals surface area contributed by atoms with Crippen molar-refractivity contribution in [3.05, 3.63) is 29.3 Å². The van der Waals surface area contributed by atoms with Gasteiger partial charge in [0.15, 0.2) is 0 Å². The molecule has 0 unspecified atom stereocenters. The van der Waals surface area contributed by atoms with Gasteiger partial charge >= 0.3 is 0 Å². The average molecular weight is 160 g/mol. The van der Waals surface area contributed by atoms with Crippen LogP contribution in [-0.4, -0.2) is 0 Å². The Balaban J connectivity index is 2.56. The van der Waals surface area contributed by atoms with Crippen LogP contribution in [0.1, 0.15) is 30.9 Å². The molecular formula is C10H12N2. The van der Waals surface area contributed by atoms with E-state index in [1.54, 1.807) is 0 Å². The van der Waals surface area contributed by atoms with Gasteiger partial charge in [-0.2, -0.15) is 10.2 Å². The van der Waals surface area contributed by atoms with Gasteiger partial charge in [0.05, 0.1) is 12.2 Å². The Bertz CT molecular complexity index is 327. The monoisotopic (exact) mass is 160 g/mol. The van der Waals surface area contributed by atoms with Crippen LogP contribution in [0, 0.1) is 0 Å². The summed E-state index contributed by atoms with van der Waals surface area (Å²) >= 11 is 0. The molecule has 0 saturated heterocycles. The fourth-order valence-electron chi connectivity index (χ4n) is 1.51. The summed E-state index contributed by atoms with van der Waals surface area (Å²) in [5.74, 6) is 0.539. The van der Waals surface area contributed by atoms with E-state index in [0.29, 0.717) is 5.92 Å². The molecule has 0 N–H and O–H groups in total. The maximum absolute atomic E-state index is 4.15. The highest BCUT2D eigenvalue weighted by Crippen LogP contribution is 2.34. The molecule has 1 aromatic rings. The minimum atomic E-state index is 0.539. The van der Waals surface area contributed by atoms with Crippen LogP contribution in [-0.2, 0) is 6.54 Å². The van der Waals surface area contributed by atoms with E-state index < -0.39 is 0 Å². The van der Waals surface area contributed by atoms with Gasteiger partial charge in [0.25, 0.3) is 0 Å². The Morgan fingerprint density at radius 1 is 1.33 bits per heavy atom. The summed E-state index contributed by atoms with van der Waals surface area (Å²) in [5, 5.41) is 8.16. The van der Waals surface area contributed by atoms with Crippen molar-refractivity contribution in [3.63, 3.8) is 0 Å². The Hall–Kier alpha value is -1.18. The van der Waals surface area contributed by atoms with Gasteiger partial charge in [-0.3, -0.25) is 0 Å². The van der Waals surface area contributed by atoms with Gasteiger partial charge in [0, 0.05) is 5.56 Å². The van der Waals surface area contributed by atoms with Crippen LogP contribution in [0.2, 0.25) is 0 Å². The second-order valence-corrected chi connectivity index (χ2v) is 3.41. The molecule has 0 radical (unpaired) electrons. The van der Waals surface area contributed by atoms with Gasteiger partial charge in [-0.15, -0.1) is 0 Å². The minimum absolute atomic E-state index is 0.539. The molecule has 62 valence electrons. The van der Waals surface area contributed by atoms with Crippen LogP contribution >= 0.6 is 0 Å². The maximum atomic E-state index is 4.15. The number of benzene rings is 1. The van der Waals surface area contributed by atoms with Gasteiger partial charge in [-0.1, -0.05) is 32.0 Å². The van der Waals surface area contributed by atoms with Crippen molar-refractivity contribution in [2.75, 3.05) is 0 Å². The van der Waals surface area contributed by atoms with Crippen molar-refractivity contribution in [1.29, 1.82) is 0 Å². The van der Waals surface area contributed by atoms with Crippen molar-refractivity contribution < 1.29 is 0 Å². The van der Waals surface area contributed by atoms with E-state index in [0.717, 1.165) is 12.2 Å². The lowest BCUT2D eigenvalue weighted by atomic mass is 9.99. The number of hydrogen-bond donors (Lipinski definition) is 0. The van der Waals surface area contributed by atoms with Crippen LogP contribution in [0.15, 0.2) is 28.4 Å². The zero-order valence-corrected chi connectivity index (χ0v) is 7.41. The first-order valence-corrected chi connectivity index (χ1v) is 4.28. The van der Waals surface area contributed by atoms with Crippen LogP contribution in [0.5, 0.6) is 0 Å². The van der Waals surface area contributed by atoms with E-state index in [1.165, 1.54) is 11.1 Å². The molecule has 12 heavy (non-hydrogen) atoms. The first-order chi connectivity index (χ1) is 5.79. The molecule has 0 aliphatic carbocycles. The summed E-state index contributed by atoms with van der Waals surface area (Å²) in [6.07, 6.45) is 0. The van der Waals surface area contributed by atoms with E-state index >= 15 is 0 Å². The number of fused-ring (bicyclic) bond motifs is 1. The van der Waals surface area contributed by atoms with Gasteiger partial charge in [0.1, 0.15) is 0 Å². The smallest absolute Gasteiger partial charge is 0.0938 e. The third kappa shape index (κ3) is 1.04. The highest BCUT2D eigenvalue weighted by molar-refractivity contribution is 5.55. The van der Waals surface area contributed by atoms with Crippen LogP contribution in [0.4, 0.5) is 5.69 Å². The number of rotatable bonds is 1. The lowest BCUT2D eigenvalue weighted by Gasteiger charge is -2.07. The first-order valence-electron chi connectivity index (χ1n) is 4.28. The zero-order valence-electron chi connectivity index (χ0n) is 7.41. The van der Waals surface area contributed by atoms with Crippen molar-refractivity contribution in [3.8, 4) is 0 Å². The third-order valence-electron chi connectivity index (χ3n) is 2.18. The lowest BCUT2D eigenvalue weighted by molar-refractivity contribution is 0.866. The predicted molar refractivity (Wildman–Crippen MR) is 48.8 cm³/mol. The summed E-state index contributed by atoms with van der Waals surface area (Å²) in [6, 6.07) is 6.32. The van der Waals surface area contributed by atoms with Gasteiger partial charge in [0.2, 0.25) is 0 Å². The fourth-order valence-corrected chi connectivity index (χ4v) is 1.51. The summed E-state index contributed by atoms with van der Waals surface area (Å²) in [7, 11) is 0. The Labute approximate surface area is 72.3 Å². The second kappa shape index (κ2) is 2.70. The molecule has 1 heterocycles. The molecule has 1 aliphatic rings. The van der Waals surface area contributed by atoms with Gasteiger partial charge in [-0.05, 0) is 11.5 Å². The molecule has 1 aromatic carbocycles. The van der Waals surface area contributed by atoms with E-state index in [-0.39, 0.29) is 0 Å². The van der Waals surface area contributed by atoms with E-state index in [9.17, 15) is 0 Å². The molecule has 0 aromatic heterocycles. The molecule has 0 saturated carbocycles. The molecule has 2 nitrogen and oxygen atoms in total. The van der Waals surface area contributed by atoms with E-state index in [1.807, 2.05) is 0 Å². The summed E-state index contributed by atoms with van der Waals surface area (Å²) in [4.78, 5) is 0. The van der Waals surface area contributed by atoms with Crippen molar-refractivity contribution in [2.24, 2.45) is 10.2 Å². The van der Waals surface area contributed by atoms with E-state index in [4.69, 9.17) is 0 Å². The maximum Gasteiger partial charge on any atom is 0.0938 e. The zero-order chi connectivity index (χ0) is 8.55. The molecule has 2 rings (SSSR count). The van der Waals surface area contributed by atoms with Crippen molar-refractivity contribution >= 4 is 5.69 Å². The van der Waals surface area contributed by atoms with Crippen LogP contribution in [0.25, 0.3) is 0 Å². The predicted octanol–water partition coefficient (Wildman–Crippen LogP) is 3.41. The molecule has 0 amide bonds. The molecule has 0 atom stereocenters. The SMILES string of the molecule is CC(C)c1cccc2c1N=NC2. The quantitative estimate of drug-likeness (QED) is 0.601. The fraction of sp³-hybridized carbons (Fsp3) is 0.400. The Morgan fingerprint density at radius 2 is 2.17 bits per heavy atom. The molecule has 1 aliphatic heterocycles. The minimum Gasteiger partial charge on any atom is -0.184 e. The number of hydrogen-bond acceptors (Lipinski definition) is 2. The van der Waals surface area contributed by atoms with Gasteiger partial charge in [-0.25, -0.2) is 0 Å². The van der Waals surface area contributed by atoms with Crippen LogP contribution < -0.4 is 0 Å². The highest BCUT2D eigenvalue weighted by Gasteiger charge is 2.13. The summed E-state index contributed by atoms with van der Waals surface area (Å²) < 4.78 is 0.